The fourth-order valence-corrected chi connectivity index (χ4v) is 1.49. The van der Waals surface area contributed by atoms with Gasteiger partial charge in [0.25, 0.3) is 0 Å². The third kappa shape index (κ3) is 1.95. The Morgan fingerprint density at radius 3 is 2.08 bits per heavy atom. The van der Waals surface area contributed by atoms with Gasteiger partial charge in [0.15, 0.2) is 0 Å². The summed E-state index contributed by atoms with van der Waals surface area (Å²) in [5, 5.41) is 0. The molecular weight excluding hydrogens is 170 g/mol. The minimum Gasteiger partial charge on any atom is -0.548 e. The second kappa shape index (κ2) is 3.86. The summed E-state index contributed by atoms with van der Waals surface area (Å²) in [4.78, 5) is 0. The van der Waals surface area contributed by atoms with E-state index in [1.807, 2.05) is 13.8 Å². The van der Waals surface area contributed by atoms with Gasteiger partial charge < -0.3 is 4.65 Å². The topological polar surface area (TPSA) is 9.23 Å². The van der Waals surface area contributed by atoms with Gasteiger partial charge in [-0.1, -0.05) is 17.7 Å². The average Bonchev–Trinajstić information content (AvgIpc) is 1.96. The average molecular weight is 181 g/mol. The number of aryl methyl sites for hydroxylation is 3. The Hall–Kier alpha value is -0.625. The summed E-state index contributed by atoms with van der Waals surface area (Å²) in [7, 11) is 0. The molecule has 63 valence electrons. The minimum absolute atomic E-state index is 0.857. The van der Waals surface area contributed by atoms with Gasteiger partial charge in [-0.2, -0.15) is 0 Å². The van der Waals surface area contributed by atoms with Crippen molar-refractivity contribution in [1.29, 1.82) is 0 Å². The number of hydrogen-bond donors (Lipinski definition) is 0. The normalized spacial score (nSPS) is 9.67. The number of benzene rings is 1. The Bertz CT molecular complexity index is 263. The van der Waals surface area contributed by atoms with Crippen molar-refractivity contribution < 1.29 is 4.65 Å². The molecule has 1 nitrogen and oxygen atoms in total. The van der Waals surface area contributed by atoms with Crippen LogP contribution in [0.15, 0.2) is 12.1 Å². The first-order valence-corrected chi connectivity index (χ1v) is 4.25. The van der Waals surface area contributed by atoms with Crippen molar-refractivity contribution in [1.82, 2.24) is 0 Å². The van der Waals surface area contributed by atoms with Crippen molar-refractivity contribution >= 4 is 18.4 Å². The highest BCUT2D eigenvalue weighted by atomic mass is 35.5. The summed E-state index contributed by atoms with van der Waals surface area (Å²) in [5.74, 6) is 0.857. The van der Waals surface area contributed by atoms with Crippen molar-refractivity contribution in [3.8, 4) is 5.75 Å². The second-order valence-corrected chi connectivity index (χ2v) is 3.11. The molecule has 0 unspecified atom stereocenters. The van der Waals surface area contributed by atoms with Crippen LogP contribution in [0.4, 0.5) is 0 Å². The molecule has 1 rings (SSSR count). The molecule has 1 aromatic rings. The van der Waals surface area contributed by atoms with Crippen molar-refractivity contribution in [3.63, 3.8) is 0 Å². The molecule has 0 aliphatic rings. The molecule has 0 saturated carbocycles. The van der Waals surface area contributed by atoms with Gasteiger partial charge in [0, 0.05) is 0 Å². The van der Waals surface area contributed by atoms with E-state index in [0.29, 0.717) is 0 Å². The maximum Gasteiger partial charge on any atom is 0.494 e. The molecule has 0 spiro atoms. The standard InChI is InChI=1S/C9H11BClO/c1-6-4-7(2)9(12-10-11)8(3)5-6/h4-5H,1-3H3. The van der Waals surface area contributed by atoms with Crippen molar-refractivity contribution in [2.45, 2.75) is 20.8 Å². The predicted octanol–water partition coefficient (Wildman–Crippen LogP) is 2.76. The third-order valence-corrected chi connectivity index (χ3v) is 1.86. The molecule has 0 atom stereocenters. The first-order valence-electron chi connectivity index (χ1n) is 3.81. The van der Waals surface area contributed by atoms with Crippen molar-refractivity contribution in [2.24, 2.45) is 0 Å². The predicted molar refractivity (Wildman–Crippen MR) is 52.9 cm³/mol. The van der Waals surface area contributed by atoms with E-state index >= 15 is 0 Å². The maximum absolute atomic E-state index is 5.37. The van der Waals surface area contributed by atoms with Gasteiger partial charge >= 0.3 is 6.90 Å². The number of rotatable bonds is 2. The minimum atomic E-state index is 0.857. The van der Waals surface area contributed by atoms with E-state index in [0.717, 1.165) is 16.9 Å². The molecule has 0 aromatic heterocycles. The highest BCUT2D eigenvalue weighted by molar-refractivity contribution is 6.90. The smallest absolute Gasteiger partial charge is 0.494 e. The van der Waals surface area contributed by atoms with E-state index in [-0.39, 0.29) is 0 Å². The Morgan fingerprint density at radius 1 is 1.17 bits per heavy atom. The molecule has 0 aliphatic heterocycles. The van der Waals surface area contributed by atoms with Crippen molar-refractivity contribution in [2.75, 3.05) is 0 Å². The zero-order chi connectivity index (χ0) is 9.14. The highest BCUT2D eigenvalue weighted by Gasteiger charge is 2.03. The lowest BCUT2D eigenvalue weighted by molar-refractivity contribution is 0.598. The lowest BCUT2D eigenvalue weighted by Gasteiger charge is -2.10. The molecule has 0 aliphatic carbocycles. The summed E-state index contributed by atoms with van der Waals surface area (Å²) in [6.07, 6.45) is 0. The summed E-state index contributed by atoms with van der Waals surface area (Å²) >= 11 is 5.37. The van der Waals surface area contributed by atoms with Crippen LogP contribution in [-0.4, -0.2) is 6.90 Å². The highest BCUT2D eigenvalue weighted by Crippen LogP contribution is 2.24. The molecule has 1 aromatic carbocycles. The Labute approximate surface area is 78.9 Å². The van der Waals surface area contributed by atoms with Crippen LogP contribution in [0.5, 0.6) is 5.75 Å². The van der Waals surface area contributed by atoms with Gasteiger partial charge in [0.1, 0.15) is 5.75 Å². The van der Waals surface area contributed by atoms with Crippen LogP contribution in [0.1, 0.15) is 16.7 Å². The van der Waals surface area contributed by atoms with Gasteiger partial charge in [0.2, 0.25) is 0 Å². The first-order chi connectivity index (χ1) is 5.65. The first kappa shape index (κ1) is 9.46. The quantitative estimate of drug-likeness (QED) is 0.638. The zero-order valence-corrected chi connectivity index (χ0v) is 8.27. The fraction of sp³-hybridized carbons (Fsp3) is 0.333. The van der Waals surface area contributed by atoms with Gasteiger partial charge in [0.05, 0.1) is 0 Å². The van der Waals surface area contributed by atoms with Gasteiger partial charge in [-0.05, 0) is 31.9 Å². The summed E-state index contributed by atoms with van der Waals surface area (Å²) < 4.78 is 5.16. The Kier molecular flexibility index (Phi) is 3.04. The van der Waals surface area contributed by atoms with E-state index in [1.54, 1.807) is 0 Å². The van der Waals surface area contributed by atoms with Crippen LogP contribution in [0.3, 0.4) is 0 Å². The van der Waals surface area contributed by atoms with Gasteiger partial charge in [-0.15, -0.1) is 11.5 Å². The molecular formula is C9H11BClO. The third-order valence-electron chi connectivity index (χ3n) is 1.77. The Balaban J connectivity index is 3.10. The Morgan fingerprint density at radius 2 is 1.67 bits per heavy atom. The second-order valence-electron chi connectivity index (χ2n) is 2.93. The number of hydrogen-bond acceptors (Lipinski definition) is 1. The van der Waals surface area contributed by atoms with Crippen LogP contribution in [0.25, 0.3) is 0 Å². The molecule has 0 amide bonds. The van der Waals surface area contributed by atoms with Crippen molar-refractivity contribution in [3.05, 3.63) is 28.8 Å². The van der Waals surface area contributed by atoms with Crippen LogP contribution >= 0.6 is 11.5 Å². The van der Waals surface area contributed by atoms with E-state index < -0.39 is 0 Å². The molecule has 0 heterocycles. The lowest BCUT2D eigenvalue weighted by Crippen LogP contribution is -1.98. The maximum atomic E-state index is 5.37. The molecule has 0 fully saturated rings. The molecule has 3 heteroatoms. The summed E-state index contributed by atoms with van der Waals surface area (Å²) in [6.45, 7) is 7.27. The molecule has 1 radical (unpaired) electrons. The van der Waals surface area contributed by atoms with Crippen LogP contribution in [0, 0.1) is 20.8 Å². The van der Waals surface area contributed by atoms with Crippen LogP contribution < -0.4 is 4.65 Å². The van der Waals surface area contributed by atoms with E-state index in [9.17, 15) is 0 Å². The molecule has 0 N–H and O–H groups in total. The largest absolute Gasteiger partial charge is 0.548 e. The fourth-order valence-electron chi connectivity index (χ4n) is 1.40. The van der Waals surface area contributed by atoms with Crippen LogP contribution in [0.2, 0.25) is 0 Å². The summed E-state index contributed by atoms with van der Waals surface area (Å²) in [6, 6.07) is 4.14. The van der Waals surface area contributed by atoms with Gasteiger partial charge in [-0.3, -0.25) is 0 Å². The summed E-state index contributed by atoms with van der Waals surface area (Å²) in [5.41, 5.74) is 3.47. The SMILES string of the molecule is Cc1cc(C)c(O[B]Cl)c(C)c1. The molecule has 12 heavy (non-hydrogen) atoms. The molecule has 0 saturated heterocycles. The molecule has 0 bridgehead atoms. The lowest BCUT2D eigenvalue weighted by atomic mass is 10.1. The van der Waals surface area contributed by atoms with Crippen LogP contribution in [-0.2, 0) is 0 Å². The number of halogens is 1. The van der Waals surface area contributed by atoms with E-state index in [4.69, 9.17) is 16.1 Å². The zero-order valence-electron chi connectivity index (χ0n) is 7.52. The van der Waals surface area contributed by atoms with E-state index in [1.165, 1.54) is 12.5 Å². The van der Waals surface area contributed by atoms with Gasteiger partial charge in [-0.25, -0.2) is 0 Å². The monoisotopic (exact) mass is 181 g/mol. The van der Waals surface area contributed by atoms with E-state index in [2.05, 4.69) is 19.1 Å².